The molecule has 5 aromatic rings. The van der Waals surface area contributed by atoms with Crippen molar-refractivity contribution in [2.75, 3.05) is 14.2 Å². The molecule has 0 radical (unpaired) electrons. The van der Waals surface area contributed by atoms with Crippen LogP contribution in [0.25, 0.3) is 5.65 Å². The first-order chi connectivity index (χ1) is 18.6. The first kappa shape index (κ1) is 23.3. The van der Waals surface area contributed by atoms with Crippen LogP contribution in [0.4, 0.5) is 0 Å². The maximum atomic E-state index is 10.0. The summed E-state index contributed by atoms with van der Waals surface area (Å²) in [5, 5.41) is 18.6. The van der Waals surface area contributed by atoms with Crippen molar-refractivity contribution >= 4 is 11.9 Å². The minimum Gasteiger partial charge on any atom is -0.508 e. The highest BCUT2D eigenvalue weighted by Crippen LogP contribution is 2.48. The number of methoxy groups -OCH3 is 2. The van der Waals surface area contributed by atoms with E-state index in [4.69, 9.17) is 24.0 Å². The Kier molecular flexibility index (Phi) is 5.97. The maximum absolute atomic E-state index is 10.0. The Morgan fingerprint density at radius 2 is 1.87 bits per heavy atom. The summed E-state index contributed by atoms with van der Waals surface area (Å²) in [6, 6.07) is 20.6. The second kappa shape index (κ2) is 9.74. The fourth-order valence-corrected chi connectivity index (χ4v) is 4.53. The standard InChI is InChI=1S/C28H23N5O5/c1-35-21-11-8-17(12-23(21)36-2)14-30-37-15-24-31-27-26-25(18-6-4-3-5-7-18)20-10-9-19(34)13-22(20)38-28(26)29-16-33(27)32-24/h3-14,16,25,34H,15H2,1-2H3. The fraction of sp³-hybridized carbons (Fsp3) is 0.143. The summed E-state index contributed by atoms with van der Waals surface area (Å²) in [6.07, 6.45) is 3.13. The summed E-state index contributed by atoms with van der Waals surface area (Å²) in [4.78, 5) is 14.7. The first-order valence-electron chi connectivity index (χ1n) is 11.8. The van der Waals surface area contributed by atoms with Gasteiger partial charge < -0.3 is 24.2 Å². The number of nitrogens with zero attached hydrogens (tertiary/aromatic N) is 5. The van der Waals surface area contributed by atoms with Crippen molar-refractivity contribution in [1.82, 2.24) is 19.6 Å². The fourth-order valence-electron chi connectivity index (χ4n) is 4.53. The van der Waals surface area contributed by atoms with Gasteiger partial charge in [-0.2, -0.15) is 0 Å². The Hall–Kier alpha value is -5.12. The summed E-state index contributed by atoms with van der Waals surface area (Å²) < 4.78 is 18.3. The molecule has 0 fully saturated rings. The largest absolute Gasteiger partial charge is 0.508 e. The van der Waals surface area contributed by atoms with Gasteiger partial charge in [0.05, 0.1) is 26.0 Å². The van der Waals surface area contributed by atoms with E-state index in [1.807, 2.05) is 42.5 Å². The van der Waals surface area contributed by atoms with Gasteiger partial charge in [-0.3, -0.25) is 0 Å². The average Bonchev–Trinajstić information content (AvgIpc) is 3.37. The average molecular weight is 510 g/mol. The molecule has 0 spiro atoms. The topological polar surface area (TPSA) is 113 Å². The SMILES string of the molecule is COc1ccc(C=NOCc2nc3c4c(ncn3n2)Oc2cc(O)ccc2C4c2ccccc2)cc1OC. The van der Waals surface area contributed by atoms with Crippen LogP contribution in [0.15, 0.2) is 78.2 Å². The number of hydrogen-bond acceptors (Lipinski definition) is 9. The number of aromatic hydroxyl groups is 1. The number of benzene rings is 3. The molecule has 1 atom stereocenters. The van der Waals surface area contributed by atoms with Gasteiger partial charge in [0, 0.05) is 23.1 Å². The molecular formula is C28H23N5O5. The lowest BCUT2D eigenvalue weighted by molar-refractivity contribution is 0.126. The van der Waals surface area contributed by atoms with E-state index in [9.17, 15) is 5.11 Å². The predicted molar refractivity (Wildman–Crippen MR) is 138 cm³/mol. The molecule has 1 unspecified atom stereocenters. The zero-order valence-corrected chi connectivity index (χ0v) is 20.6. The quantitative estimate of drug-likeness (QED) is 0.244. The first-order valence-corrected chi connectivity index (χ1v) is 11.8. The van der Waals surface area contributed by atoms with Crippen molar-refractivity contribution in [3.63, 3.8) is 0 Å². The number of rotatable bonds is 7. The molecule has 0 aliphatic carbocycles. The number of ether oxygens (including phenoxy) is 3. The minimum atomic E-state index is -0.215. The smallest absolute Gasteiger partial charge is 0.228 e. The highest BCUT2D eigenvalue weighted by Gasteiger charge is 2.33. The molecule has 3 aromatic carbocycles. The Balaban J connectivity index is 1.30. The molecule has 1 aliphatic heterocycles. The normalized spacial score (nSPS) is 14.1. The Morgan fingerprint density at radius 3 is 2.68 bits per heavy atom. The lowest BCUT2D eigenvalue weighted by Gasteiger charge is -2.27. The van der Waals surface area contributed by atoms with Crippen LogP contribution >= 0.6 is 0 Å². The van der Waals surface area contributed by atoms with Crippen LogP contribution in [0.5, 0.6) is 28.9 Å². The third-order valence-electron chi connectivity index (χ3n) is 6.24. The lowest BCUT2D eigenvalue weighted by Crippen LogP contribution is -2.14. The molecule has 0 bridgehead atoms. The van der Waals surface area contributed by atoms with Gasteiger partial charge in [0.15, 0.2) is 29.6 Å². The minimum absolute atomic E-state index is 0.0571. The van der Waals surface area contributed by atoms with Gasteiger partial charge >= 0.3 is 0 Å². The maximum Gasteiger partial charge on any atom is 0.228 e. The molecular weight excluding hydrogens is 486 g/mol. The molecule has 0 saturated heterocycles. The van der Waals surface area contributed by atoms with Crippen LogP contribution in [0.1, 0.15) is 34.0 Å². The molecule has 38 heavy (non-hydrogen) atoms. The lowest BCUT2D eigenvalue weighted by atomic mass is 9.84. The van der Waals surface area contributed by atoms with E-state index in [-0.39, 0.29) is 18.3 Å². The van der Waals surface area contributed by atoms with Gasteiger partial charge in [-0.15, -0.1) is 5.10 Å². The van der Waals surface area contributed by atoms with Crippen LogP contribution in [-0.2, 0) is 11.4 Å². The van der Waals surface area contributed by atoms with Crippen molar-refractivity contribution in [1.29, 1.82) is 0 Å². The second-order valence-corrected chi connectivity index (χ2v) is 8.55. The van der Waals surface area contributed by atoms with E-state index < -0.39 is 0 Å². The molecule has 0 saturated carbocycles. The third kappa shape index (κ3) is 4.21. The van der Waals surface area contributed by atoms with E-state index in [1.165, 1.54) is 0 Å². The highest BCUT2D eigenvalue weighted by atomic mass is 16.6. The number of fused-ring (bicyclic) bond motifs is 4. The molecule has 6 rings (SSSR count). The van der Waals surface area contributed by atoms with Crippen LogP contribution < -0.4 is 14.2 Å². The summed E-state index contributed by atoms with van der Waals surface area (Å²) >= 11 is 0. The molecule has 10 heteroatoms. The van der Waals surface area contributed by atoms with Gasteiger partial charge in [-0.05, 0) is 29.8 Å². The molecule has 1 N–H and O–H groups in total. The van der Waals surface area contributed by atoms with E-state index in [2.05, 4.69) is 15.2 Å². The van der Waals surface area contributed by atoms with E-state index in [0.29, 0.717) is 34.6 Å². The summed E-state index contributed by atoms with van der Waals surface area (Å²) in [6.45, 7) is 0.0571. The molecule has 0 amide bonds. The monoisotopic (exact) mass is 509 g/mol. The Morgan fingerprint density at radius 1 is 1.03 bits per heavy atom. The molecule has 3 heterocycles. The summed E-state index contributed by atoms with van der Waals surface area (Å²) in [7, 11) is 3.16. The van der Waals surface area contributed by atoms with Gasteiger partial charge in [0.2, 0.25) is 5.88 Å². The van der Waals surface area contributed by atoms with Crippen molar-refractivity contribution in [2.45, 2.75) is 12.5 Å². The Labute approximate surface area is 217 Å². The highest BCUT2D eigenvalue weighted by molar-refractivity contribution is 5.80. The number of phenolic OH excluding ortho intramolecular Hbond substituents is 1. The van der Waals surface area contributed by atoms with Crippen molar-refractivity contribution in [3.8, 4) is 28.9 Å². The van der Waals surface area contributed by atoms with E-state index >= 15 is 0 Å². The van der Waals surface area contributed by atoms with Crippen molar-refractivity contribution in [2.24, 2.45) is 5.16 Å². The third-order valence-corrected chi connectivity index (χ3v) is 6.24. The molecule has 1 aliphatic rings. The van der Waals surface area contributed by atoms with Crippen LogP contribution in [0, 0.1) is 0 Å². The Bertz CT molecular complexity index is 1650. The number of phenols is 1. The number of aromatic nitrogens is 4. The van der Waals surface area contributed by atoms with Crippen LogP contribution in [0.2, 0.25) is 0 Å². The van der Waals surface area contributed by atoms with Gasteiger partial charge in [-0.1, -0.05) is 41.6 Å². The molecule has 10 nitrogen and oxygen atoms in total. The number of hydrogen-bond donors (Lipinski definition) is 1. The number of oxime groups is 1. The predicted octanol–water partition coefficient (Wildman–Crippen LogP) is 4.68. The van der Waals surface area contributed by atoms with E-state index in [0.717, 1.165) is 22.3 Å². The van der Waals surface area contributed by atoms with Crippen LogP contribution in [-0.4, -0.2) is 45.1 Å². The van der Waals surface area contributed by atoms with E-state index in [1.54, 1.807) is 55.5 Å². The van der Waals surface area contributed by atoms with Gasteiger partial charge in [0.25, 0.3) is 0 Å². The van der Waals surface area contributed by atoms with Gasteiger partial charge in [-0.25, -0.2) is 14.5 Å². The zero-order valence-electron chi connectivity index (χ0n) is 20.6. The van der Waals surface area contributed by atoms with Crippen molar-refractivity contribution < 1.29 is 24.2 Å². The van der Waals surface area contributed by atoms with Gasteiger partial charge in [0.1, 0.15) is 17.8 Å². The summed E-state index contributed by atoms with van der Waals surface area (Å²) in [5.74, 6) is 2.54. The zero-order chi connectivity index (χ0) is 26.1. The summed E-state index contributed by atoms with van der Waals surface area (Å²) in [5.41, 5.74) is 4.11. The van der Waals surface area contributed by atoms with Crippen LogP contribution in [0.3, 0.4) is 0 Å². The second-order valence-electron chi connectivity index (χ2n) is 8.55. The van der Waals surface area contributed by atoms with Crippen molar-refractivity contribution in [3.05, 3.63) is 101 Å². The molecule has 2 aromatic heterocycles. The molecule has 190 valence electrons.